The highest BCUT2D eigenvalue weighted by Gasteiger charge is 2.39. The minimum Gasteiger partial charge on any atom is -0.380 e. The van der Waals surface area contributed by atoms with E-state index in [1.165, 1.54) is 11.0 Å². The fourth-order valence-corrected chi connectivity index (χ4v) is 5.62. The van der Waals surface area contributed by atoms with E-state index in [0.29, 0.717) is 37.7 Å². The Kier molecular flexibility index (Phi) is 7.48. The number of alkyl halides is 3. The van der Waals surface area contributed by atoms with Gasteiger partial charge in [0, 0.05) is 55.8 Å². The van der Waals surface area contributed by atoms with Crippen LogP contribution in [-0.2, 0) is 28.5 Å². The SMILES string of the molecule is O=C(CN1CCc2ccc(C(F)(F)F)cc2C1=O)NC1CN(C2CCOC2)C[C@@H]1CCc1ccccn1. The summed E-state index contributed by atoms with van der Waals surface area (Å²) >= 11 is 0. The van der Waals surface area contributed by atoms with Crippen molar-refractivity contribution in [2.24, 2.45) is 5.92 Å². The Bertz CT molecular complexity index is 1120. The monoisotopic (exact) mass is 516 g/mol. The molecule has 0 saturated carbocycles. The van der Waals surface area contributed by atoms with Gasteiger partial charge in [0.2, 0.25) is 5.91 Å². The Hall–Kier alpha value is -2.98. The Morgan fingerprint density at radius 2 is 2.05 bits per heavy atom. The fourth-order valence-electron chi connectivity index (χ4n) is 5.62. The van der Waals surface area contributed by atoms with Gasteiger partial charge in [-0.15, -0.1) is 0 Å². The number of fused-ring (bicyclic) bond motifs is 1. The number of nitrogens with zero attached hydrogens (tertiary/aromatic N) is 3. The van der Waals surface area contributed by atoms with Crippen molar-refractivity contribution in [2.75, 3.05) is 39.4 Å². The van der Waals surface area contributed by atoms with Crippen molar-refractivity contribution in [2.45, 2.75) is 43.9 Å². The highest BCUT2D eigenvalue weighted by atomic mass is 19.4. The molecule has 1 aromatic heterocycles. The topological polar surface area (TPSA) is 74.8 Å². The lowest BCUT2D eigenvalue weighted by atomic mass is 9.96. The number of carbonyl (C=O) groups is 2. The van der Waals surface area contributed by atoms with Crippen LogP contribution in [0, 0.1) is 5.92 Å². The summed E-state index contributed by atoms with van der Waals surface area (Å²) in [5.41, 5.74) is 0.750. The summed E-state index contributed by atoms with van der Waals surface area (Å²) in [7, 11) is 0. The summed E-state index contributed by atoms with van der Waals surface area (Å²) < 4.78 is 45.1. The number of aromatic nitrogens is 1. The molecule has 2 saturated heterocycles. The molecule has 1 N–H and O–H groups in total. The first-order valence-electron chi connectivity index (χ1n) is 12.8. The molecular weight excluding hydrogens is 485 g/mol. The van der Waals surface area contributed by atoms with Crippen molar-refractivity contribution < 1.29 is 27.5 Å². The Morgan fingerprint density at radius 1 is 1.19 bits per heavy atom. The average Bonchev–Trinajstić information content (AvgIpc) is 3.55. The number of halogens is 3. The molecule has 4 heterocycles. The molecule has 1 aromatic carbocycles. The van der Waals surface area contributed by atoms with Crippen molar-refractivity contribution in [3.63, 3.8) is 0 Å². The van der Waals surface area contributed by atoms with Crippen LogP contribution in [0.4, 0.5) is 13.2 Å². The van der Waals surface area contributed by atoms with Gasteiger partial charge >= 0.3 is 6.18 Å². The molecule has 2 fully saturated rings. The van der Waals surface area contributed by atoms with Crippen LogP contribution >= 0.6 is 0 Å². The van der Waals surface area contributed by atoms with Gasteiger partial charge in [-0.05, 0) is 61.4 Å². The van der Waals surface area contributed by atoms with Gasteiger partial charge in [0.05, 0.1) is 18.7 Å². The van der Waals surface area contributed by atoms with Gasteiger partial charge in [-0.2, -0.15) is 13.2 Å². The number of nitrogens with one attached hydrogen (secondary N) is 1. The summed E-state index contributed by atoms with van der Waals surface area (Å²) in [6.45, 7) is 3.11. The molecule has 0 bridgehead atoms. The molecule has 3 aliphatic heterocycles. The average molecular weight is 517 g/mol. The third-order valence-corrected chi connectivity index (χ3v) is 7.68. The van der Waals surface area contributed by atoms with E-state index < -0.39 is 17.6 Å². The first kappa shape index (κ1) is 25.7. The quantitative estimate of drug-likeness (QED) is 0.613. The van der Waals surface area contributed by atoms with Crippen LogP contribution in [0.5, 0.6) is 0 Å². The fraction of sp³-hybridized carbons (Fsp3) is 0.519. The number of aryl methyl sites for hydroxylation is 1. The summed E-state index contributed by atoms with van der Waals surface area (Å²) in [6.07, 6.45) is 0.292. The maximum atomic E-state index is 13.2. The largest absolute Gasteiger partial charge is 0.416 e. The third kappa shape index (κ3) is 5.96. The van der Waals surface area contributed by atoms with Crippen LogP contribution < -0.4 is 5.32 Å². The van der Waals surface area contributed by atoms with E-state index in [9.17, 15) is 22.8 Å². The predicted octanol–water partition coefficient (Wildman–Crippen LogP) is 2.94. The number of amides is 2. The van der Waals surface area contributed by atoms with Crippen LogP contribution in [0.3, 0.4) is 0 Å². The van der Waals surface area contributed by atoms with E-state index in [-0.39, 0.29) is 30.0 Å². The normalized spacial score (nSPS) is 24.4. The van der Waals surface area contributed by atoms with Gasteiger partial charge < -0.3 is 15.0 Å². The van der Waals surface area contributed by atoms with E-state index in [1.54, 1.807) is 6.20 Å². The van der Waals surface area contributed by atoms with Gasteiger partial charge in [0.15, 0.2) is 0 Å². The second kappa shape index (κ2) is 10.8. The number of ether oxygens (including phenoxy) is 1. The second-order valence-electron chi connectivity index (χ2n) is 10.1. The predicted molar refractivity (Wildman–Crippen MR) is 130 cm³/mol. The van der Waals surface area contributed by atoms with E-state index in [0.717, 1.165) is 50.2 Å². The van der Waals surface area contributed by atoms with Crippen molar-refractivity contribution in [3.05, 3.63) is 65.0 Å². The van der Waals surface area contributed by atoms with Crippen molar-refractivity contribution in [1.82, 2.24) is 20.1 Å². The molecule has 2 amide bonds. The molecule has 3 aliphatic rings. The van der Waals surface area contributed by atoms with Gasteiger partial charge in [-0.3, -0.25) is 19.5 Å². The molecule has 7 nitrogen and oxygen atoms in total. The van der Waals surface area contributed by atoms with Gasteiger partial charge in [0.1, 0.15) is 0 Å². The number of carbonyl (C=O) groups excluding carboxylic acids is 2. The lowest BCUT2D eigenvalue weighted by Crippen LogP contribution is -2.48. The molecule has 37 heavy (non-hydrogen) atoms. The van der Waals surface area contributed by atoms with Crippen molar-refractivity contribution >= 4 is 11.8 Å². The second-order valence-corrected chi connectivity index (χ2v) is 10.1. The first-order valence-corrected chi connectivity index (χ1v) is 12.8. The van der Waals surface area contributed by atoms with Gasteiger partial charge in [0.25, 0.3) is 5.91 Å². The molecule has 5 rings (SSSR count). The maximum Gasteiger partial charge on any atom is 0.416 e. The zero-order chi connectivity index (χ0) is 26.0. The number of rotatable bonds is 7. The van der Waals surface area contributed by atoms with Crippen LogP contribution in [0.25, 0.3) is 0 Å². The van der Waals surface area contributed by atoms with Crippen LogP contribution in [0.15, 0.2) is 42.6 Å². The maximum absolute atomic E-state index is 13.2. The molecular formula is C27H31F3N4O3. The van der Waals surface area contributed by atoms with Crippen LogP contribution in [0.2, 0.25) is 0 Å². The Balaban J connectivity index is 1.23. The van der Waals surface area contributed by atoms with Crippen molar-refractivity contribution in [1.29, 1.82) is 0 Å². The first-order chi connectivity index (χ1) is 17.8. The van der Waals surface area contributed by atoms with E-state index in [4.69, 9.17) is 4.74 Å². The minimum atomic E-state index is -4.53. The molecule has 10 heteroatoms. The molecule has 0 radical (unpaired) electrons. The third-order valence-electron chi connectivity index (χ3n) is 7.68. The highest BCUT2D eigenvalue weighted by molar-refractivity contribution is 5.99. The zero-order valence-corrected chi connectivity index (χ0v) is 20.5. The summed E-state index contributed by atoms with van der Waals surface area (Å²) in [4.78, 5) is 34.2. The number of likely N-dealkylation sites (tertiary alicyclic amines) is 1. The molecule has 0 spiro atoms. The summed E-state index contributed by atoms with van der Waals surface area (Å²) in [5, 5.41) is 3.13. The lowest BCUT2D eigenvalue weighted by Gasteiger charge is -2.29. The zero-order valence-electron chi connectivity index (χ0n) is 20.5. The van der Waals surface area contributed by atoms with E-state index in [2.05, 4.69) is 15.2 Å². The Morgan fingerprint density at radius 3 is 2.78 bits per heavy atom. The van der Waals surface area contributed by atoms with Gasteiger partial charge in [-0.25, -0.2) is 0 Å². The molecule has 0 aliphatic carbocycles. The Labute approximate surface area is 214 Å². The van der Waals surface area contributed by atoms with Gasteiger partial charge in [-0.1, -0.05) is 12.1 Å². The number of hydrogen-bond acceptors (Lipinski definition) is 5. The molecule has 2 aromatic rings. The minimum absolute atomic E-state index is 0.0235. The molecule has 198 valence electrons. The van der Waals surface area contributed by atoms with Crippen LogP contribution in [-0.4, -0.2) is 78.1 Å². The number of benzene rings is 1. The summed E-state index contributed by atoms with van der Waals surface area (Å²) in [6, 6.07) is 9.35. The standard InChI is InChI=1S/C27H31F3N4O3/c28-27(29,30)20-6-4-18-8-11-33(26(36)23(18)13-20)16-25(35)32-24-15-34(22-9-12-37-17-22)14-19(24)5-7-21-3-1-2-10-31-21/h1-4,6,10,13,19,22,24H,5,7-9,11-12,14-17H2,(H,32,35)/t19-,22?,24?/m0/s1. The number of pyridine rings is 1. The number of hydrogen-bond donors (Lipinski definition) is 1. The lowest BCUT2D eigenvalue weighted by molar-refractivity contribution is -0.137. The van der Waals surface area contributed by atoms with E-state index in [1.807, 2.05) is 18.2 Å². The van der Waals surface area contributed by atoms with Crippen molar-refractivity contribution in [3.8, 4) is 0 Å². The summed E-state index contributed by atoms with van der Waals surface area (Å²) in [5.74, 6) is -0.606. The highest BCUT2D eigenvalue weighted by Crippen LogP contribution is 2.32. The van der Waals surface area contributed by atoms with E-state index >= 15 is 0 Å². The smallest absolute Gasteiger partial charge is 0.380 e. The van der Waals surface area contributed by atoms with Crippen LogP contribution in [0.1, 0.15) is 40.0 Å². The molecule has 3 atom stereocenters. The molecule has 2 unspecified atom stereocenters.